The molecule has 0 aliphatic heterocycles. The topological polar surface area (TPSA) is 37.3 Å². The van der Waals surface area contributed by atoms with Gasteiger partial charge in [0.05, 0.1) is 5.56 Å². The molecule has 1 N–H and O–H groups in total. The van der Waals surface area contributed by atoms with Crippen molar-refractivity contribution in [3.8, 4) is 11.1 Å². The van der Waals surface area contributed by atoms with Crippen LogP contribution < -0.4 is 0 Å². The molecule has 0 aromatic heterocycles. The number of hydrogen-bond donors (Lipinski definition) is 1. The highest BCUT2D eigenvalue weighted by Gasteiger charge is 2.11. The highest BCUT2D eigenvalue weighted by Crippen LogP contribution is 2.27. The lowest BCUT2D eigenvalue weighted by atomic mass is 9.94. The molecular weight excluding hydrogens is 260 g/mol. The number of carbonyl (C=O) groups is 1. The van der Waals surface area contributed by atoms with Gasteiger partial charge in [0.2, 0.25) is 0 Å². The van der Waals surface area contributed by atoms with E-state index in [-0.39, 0.29) is 0 Å². The summed E-state index contributed by atoms with van der Waals surface area (Å²) in [5, 5.41) is 9.27. The van der Waals surface area contributed by atoms with Gasteiger partial charge in [-0.25, -0.2) is 4.79 Å². The predicted molar refractivity (Wildman–Crippen MR) is 86.9 cm³/mol. The molecule has 2 rings (SSSR count). The summed E-state index contributed by atoms with van der Waals surface area (Å²) in [6.45, 7) is 6.06. The molecule has 0 aliphatic rings. The summed E-state index contributed by atoms with van der Waals surface area (Å²) < 4.78 is 0. The molecule has 0 radical (unpaired) electrons. The van der Waals surface area contributed by atoms with Crippen LogP contribution in [0.5, 0.6) is 0 Å². The Morgan fingerprint density at radius 3 is 2.29 bits per heavy atom. The molecule has 0 saturated carbocycles. The second-order valence-electron chi connectivity index (χ2n) is 5.59. The maximum absolute atomic E-state index is 11.3. The Kier molecular flexibility index (Phi) is 4.79. The van der Waals surface area contributed by atoms with Crippen molar-refractivity contribution >= 4 is 5.97 Å². The maximum atomic E-state index is 11.3. The fraction of sp³-hybridized carbons (Fsp3) is 0.316. The molecule has 0 bridgehead atoms. The lowest BCUT2D eigenvalue weighted by Crippen LogP contribution is -2.01. The summed E-state index contributed by atoms with van der Waals surface area (Å²) in [5.74, 6) is -0.867. The third-order valence-corrected chi connectivity index (χ3v) is 3.89. The van der Waals surface area contributed by atoms with Crippen LogP contribution in [0, 0.1) is 13.8 Å². The molecule has 0 atom stereocenters. The minimum absolute atomic E-state index is 0.380. The molecule has 2 nitrogen and oxygen atoms in total. The van der Waals surface area contributed by atoms with Gasteiger partial charge in [-0.2, -0.15) is 0 Å². The molecule has 0 fully saturated rings. The van der Waals surface area contributed by atoms with Crippen molar-refractivity contribution in [3.05, 3.63) is 58.7 Å². The minimum atomic E-state index is -0.867. The zero-order chi connectivity index (χ0) is 15.4. The normalized spacial score (nSPS) is 10.6. The summed E-state index contributed by atoms with van der Waals surface area (Å²) in [6.07, 6.45) is 3.50. The molecule has 0 saturated heterocycles. The third kappa shape index (κ3) is 3.52. The molecule has 2 heteroatoms. The summed E-state index contributed by atoms with van der Waals surface area (Å²) in [5.41, 5.74) is 5.71. The van der Waals surface area contributed by atoms with Crippen molar-refractivity contribution in [3.63, 3.8) is 0 Å². The number of benzene rings is 2. The smallest absolute Gasteiger partial charge is 0.335 e. The van der Waals surface area contributed by atoms with Gasteiger partial charge in [-0.15, -0.1) is 0 Å². The van der Waals surface area contributed by atoms with E-state index in [4.69, 9.17) is 0 Å². The van der Waals surface area contributed by atoms with Gasteiger partial charge >= 0.3 is 5.97 Å². The van der Waals surface area contributed by atoms with Crippen LogP contribution in [0.4, 0.5) is 0 Å². The number of carboxylic acids is 1. The second kappa shape index (κ2) is 6.57. The number of carboxylic acid groups (broad SMARTS) is 1. The van der Waals surface area contributed by atoms with E-state index in [0.717, 1.165) is 28.7 Å². The second-order valence-corrected chi connectivity index (χ2v) is 5.59. The molecule has 21 heavy (non-hydrogen) atoms. The first kappa shape index (κ1) is 15.3. The fourth-order valence-corrected chi connectivity index (χ4v) is 2.63. The Labute approximate surface area is 126 Å². The molecule has 2 aromatic rings. The minimum Gasteiger partial charge on any atom is -0.478 e. The lowest BCUT2D eigenvalue weighted by molar-refractivity contribution is 0.0696. The van der Waals surface area contributed by atoms with Gasteiger partial charge in [-0.3, -0.25) is 0 Å². The summed E-state index contributed by atoms with van der Waals surface area (Å²) >= 11 is 0. The van der Waals surface area contributed by atoms with Crippen molar-refractivity contribution in [2.45, 2.75) is 40.0 Å². The van der Waals surface area contributed by atoms with Crippen LogP contribution in [-0.4, -0.2) is 11.1 Å². The largest absolute Gasteiger partial charge is 0.478 e. The van der Waals surface area contributed by atoms with E-state index in [2.05, 4.69) is 31.2 Å². The Hall–Kier alpha value is -2.09. The van der Waals surface area contributed by atoms with Crippen molar-refractivity contribution < 1.29 is 9.90 Å². The highest BCUT2D eigenvalue weighted by molar-refractivity contribution is 5.91. The number of rotatable bonds is 5. The van der Waals surface area contributed by atoms with Gasteiger partial charge < -0.3 is 5.11 Å². The molecule has 0 unspecified atom stereocenters. The summed E-state index contributed by atoms with van der Waals surface area (Å²) in [6, 6.07) is 12.2. The van der Waals surface area contributed by atoms with Gasteiger partial charge in [0.15, 0.2) is 0 Å². The SMILES string of the molecule is CCCCc1ccc(-c2cc(C(=O)O)c(C)cc2C)cc1. The molecular formula is C19H22O2. The number of hydrogen-bond acceptors (Lipinski definition) is 1. The Balaban J connectivity index is 2.37. The van der Waals surface area contributed by atoms with E-state index in [1.807, 2.05) is 19.9 Å². The average Bonchev–Trinajstić information content (AvgIpc) is 2.45. The first-order chi connectivity index (χ1) is 10.0. The van der Waals surface area contributed by atoms with Crippen molar-refractivity contribution in [2.24, 2.45) is 0 Å². The maximum Gasteiger partial charge on any atom is 0.335 e. The van der Waals surface area contributed by atoms with Crippen LogP contribution in [0.25, 0.3) is 11.1 Å². The van der Waals surface area contributed by atoms with E-state index >= 15 is 0 Å². The van der Waals surface area contributed by atoms with Crippen LogP contribution in [-0.2, 0) is 6.42 Å². The van der Waals surface area contributed by atoms with E-state index in [0.29, 0.717) is 5.56 Å². The molecule has 2 aromatic carbocycles. The highest BCUT2D eigenvalue weighted by atomic mass is 16.4. The van der Waals surface area contributed by atoms with E-state index in [1.54, 1.807) is 6.07 Å². The molecule has 110 valence electrons. The van der Waals surface area contributed by atoms with Crippen LogP contribution in [0.15, 0.2) is 36.4 Å². The molecule has 0 heterocycles. The molecule has 0 spiro atoms. The number of aryl methyl sites for hydroxylation is 3. The Bertz CT molecular complexity index is 639. The van der Waals surface area contributed by atoms with Crippen molar-refractivity contribution in [1.29, 1.82) is 0 Å². The van der Waals surface area contributed by atoms with Crippen LogP contribution in [0.1, 0.15) is 46.8 Å². The zero-order valence-corrected chi connectivity index (χ0v) is 12.9. The first-order valence-corrected chi connectivity index (χ1v) is 7.46. The molecule has 0 amide bonds. The van der Waals surface area contributed by atoms with E-state index in [1.165, 1.54) is 18.4 Å². The molecule has 0 aliphatic carbocycles. The Morgan fingerprint density at radius 2 is 1.71 bits per heavy atom. The monoisotopic (exact) mass is 282 g/mol. The van der Waals surface area contributed by atoms with Gasteiger partial charge in [0.1, 0.15) is 0 Å². The first-order valence-electron chi connectivity index (χ1n) is 7.46. The van der Waals surface area contributed by atoms with Crippen LogP contribution >= 0.6 is 0 Å². The fourth-order valence-electron chi connectivity index (χ4n) is 2.63. The van der Waals surface area contributed by atoms with Gasteiger partial charge in [-0.05, 0) is 60.6 Å². The van der Waals surface area contributed by atoms with E-state index < -0.39 is 5.97 Å². The number of unbranched alkanes of at least 4 members (excludes halogenated alkanes) is 1. The van der Waals surface area contributed by atoms with Crippen molar-refractivity contribution in [2.75, 3.05) is 0 Å². The van der Waals surface area contributed by atoms with Crippen LogP contribution in [0.3, 0.4) is 0 Å². The summed E-state index contributed by atoms with van der Waals surface area (Å²) in [4.78, 5) is 11.3. The quantitative estimate of drug-likeness (QED) is 0.836. The zero-order valence-electron chi connectivity index (χ0n) is 12.9. The van der Waals surface area contributed by atoms with Crippen LogP contribution in [0.2, 0.25) is 0 Å². The standard InChI is InChI=1S/C19H22O2/c1-4-5-6-15-7-9-16(10-8-15)17-12-18(19(20)21)14(3)11-13(17)2/h7-12H,4-6H2,1-3H3,(H,20,21). The van der Waals surface area contributed by atoms with Crippen molar-refractivity contribution in [1.82, 2.24) is 0 Å². The lowest BCUT2D eigenvalue weighted by Gasteiger charge is -2.11. The van der Waals surface area contributed by atoms with Gasteiger partial charge in [0.25, 0.3) is 0 Å². The van der Waals surface area contributed by atoms with Gasteiger partial charge in [-0.1, -0.05) is 43.7 Å². The van der Waals surface area contributed by atoms with E-state index in [9.17, 15) is 9.90 Å². The average molecular weight is 282 g/mol. The Morgan fingerprint density at radius 1 is 1.05 bits per heavy atom. The van der Waals surface area contributed by atoms with Gasteiger partial charge in [0, 0.05) is 0 Å². The summed E-state index contributed by atoms with van der Waals surface area (Å²) in [7, 11) is 0. The number of aromatic carboxylic acids is 1. The predicted octanol–water partition coefficient (Wildman–Crippen LogP) is 5.01. The third-order valence-electron chi connectivity index (χ3n) is 3.89.